The molecule has 0 unspecified atom stereocenters. The summed E-state index contributed by atoms with van der Waals surface area (Å²) in [6.45, 7) is 4.54. The third-order valence-electron chi connectivity index (χ3n) is 3.60. The summed E-state index contributed by atoms with van der Waals surface area (Å²) >= 11 is 0. The summed E-state index contributed by atoms with van der Waals surface area (Å²) in [5.41, 5.74) is 0.885. The first kappa shape index (κ1) is 16.1. The van der Waals surface area contributed by atoms with E-state index in [2.05, 4.69) is 34.7 Å². The fraction of sp³-hybridized carbons (Fsp3) is 0.500. The first-order valence-corrected chi connectivity index (χ1v) is 7.86. The van der Waals surface area contributed by atoms with Gasteiger partial charge in [-0.25, -0.2) is 0 Å². The molecule has 1 heterocycles. The zero-order valence-electron chi connectivity index (χ0n) is 13.2. The zero-order chi connectivity index (χ0) is 15.8. The van der Waals surface area contributed by atoms with Crippen LogP contribution in [0.15, 0.2) is 30.3 Å². The van der Waals surface area contributed by atoms with Gasteiger partial charge in [0.2, 0.25) is 5.91 Å². The number of hydrogen-bond donors (Lipinski definition) is 1. The van der Waals surface area contributed by atoms with Gasteiger partial charge in [0, 0.05) is 5.92 Å². The van der Waals surface area contributed by atoms with E-state index in [4.69, 9.17) is 0 Å². The summed E-state index contributed by atoms with van der Waals surface area (Å²) in [7, 11) is 0. The van der Waals surface area contributed by atoms with Gasteiger partial charge in [-0.15, -0.1) is 5.10 Å². The van der Waals surface area contributed by atoms with Crippen LogP contribution in [0.2, 0.25) is 0 Å². The number of hydrogen-bond acceptors (Lipinski definition) is 4. The second kappa shape index (κ2) is 8.26. The third-order valence-corrected chi connectivity index (χ3v) is 3.60. The highest BCUT2D eigenvalue weighted by molar-refractivity contribution is 5.78. The van der Waals surface area contributed by atoms with Crippen LogP contribution in [0.5, 0.6) is 0 Å². The molecule has 0 saturated heterocycles. The largest absolute Gasteiger partial charge is 0.348 e. The van der Waals surface area contributed by atoms with Gasteiger partial charge in [-0.2, -0.15) is 4.68 Å². The van der Waals surface area contributed by atoms with E-state index in [1.165, 1.54) is 0 Å². The van der Waals surface area contributed by atoms with Crippen molar-refractivity contribution >= 4 is 5.91 Å². The number of tetrazole rings is 1. The lowest BCUT2D eigenvalue weighted by atomic mass is 9.97. The van der Waals surface area contributed by atoms with Gasteiger partial charge in [0.15, 0.2) is 5.82 Å². The Morgan fingerprint density at radius 3 is 2.50 bits per heavy atom. The van der Waals surface area contributed by atoms with Gasteiger partial charge in [0.25, 0.3) is 0 Å². The van der Waals surface area contributed by atoms with Crippen LogP contribution in [0.1, 0.15) is 45.4 Å². The summed E-state index contributed by atoms with van der Waals surface area (Å²) in [4.78, 5) is 12.3. The summed E-state index contributed by atoms with van der Waals surface area (Å²) in [6, 6.07) is 9.66. The first-order chi connectivity index (χ1) is 10.8. The SMILES string of the molecule is CCCC(CCC)C(=O)NCc1nnnn1-c1ccccc1. The number of carbonyl (C=O) groups is 1. The van der Waals surface area contributed by atoms with Crippen molar-refractivity contribution in [1.29, 1.82) is 0 Å². The molecule has 0 saturated carbocycles. The monoisotopic (exact) mass is 301 g/mol. The molecule has 2 rings (SSSR count). The van der Waals surface area contributed by atoms with E-state index in [1.54, 1.807) is 4.68 Å². The van der Waals surface area contributed by atoms with Gasteiger partial charge in [-0.1, -0.05) is 44.9 Å². The Bertz CT molecular complexity index is 575. The van der Waals surface area contributed by atoms with Crippen LogP contribution in [0.25, 0.3) is 5.69 Å². The molecule has 0 aliphatic heterocycles. The van der Waals surface area contributed by atoms with Crippen molar-refractivity contribution in [3.8, 4) is 5.69 Å². The highest BCUT2D eigenvalue weighted by Crippen LogP contribution is 2.14. The molecule has 118 valence electrons. The number of carbonyl (C=O) groups excluding carboxylic acids is 1. The fourth-order valence-electron chi connectivity index (χ4n) is 2.50. The highest BCUT2D eigenvalue weighted by atomic mass is 16.1. The van der Waals surface area contributed by atoms with Crippen molar-refractivity contribution in [2.75, 3.05) is 0 Å². The van der Waals surface area contributed by atoms with Crippen LogP contribution in [-0.2, 0) is 11.3 Å². The molecular formula is C16H23N5O. The standard InChI is InChI=1S/C16H23N5O/c1-3-8-13(9-4-2)16(22)17-12-15-18-19-20-21(15)14-10-6-5-7-11-14/h5-7,10-11,13H,3-4,8-9,12H2,1-2H3,(H,17,22). The molecule has 0 aliphatic rings. The Morgan fingerprint density at radius 2 is 1.86 bits per heavy atom. The van der Waals surface area contributed by atoms with E-state index in [0.717, 1.165) is 31.4 Å². The predicted octanol–water partition coefficient (Wildman–Crippen LogP) is 2.49. The molecule has 0 bridgehead atoms. The average Bonchev–Trinajstić information content (AvgIpc) is 3.02. The van der Waals surface area contributed by atoms with Crippen molar-refractivity contribution in [2.24, 2.45) is 5.92 Å². The Kier molecular flexibility index (Phi) is 6.06. The Hall–Kier alpha value is -2.24. The smallest absolute Gasteiger partial charge is 0.223 e. The van der Waals surface area contributed by atoms with Gasteiger partial charge in [-0.05, 0) is 35.4 Å². The Balaban J connectivity index is 2.00. The van der Waals surface area contributed by atoms with Gasteiger partial charge in [0.05, 0.1) is 12.2 Å². The molecular weight excluding hydrogens is 278 g/mol. The lowest BCUT2D eigenvalue weighted by molar-refractivity contribution is -0.125. The second-order valence-corrected chi connectivity index (χ2v) is 5.33. The molecule has 22 heavy (non-hydrogen) atoms. The maximum absolute atomic E-state index is 12.3. The van der Waals surface area contributed by atoms with E-state index < -0.39 is 0 Å². The van der Waals surface area contributed by atoms with Crippen molar-refractivity contribution in [2.45, 2.75) is 46.1 Å². The van der Waals surface area contributed by atoms with Crippen LogP contribution in [0.4, 0.5) is 0 Å². The van der Waals surface area contributed by atoms with Crippen molar-refractivity contribution in [3.63, 3.8) is 0 Å². The minimum Gasteiger partial charge on any atom is -0.348 e. The first-order valence-electron chi connectivity index (χ1n) is 7.86. The molecule has 0 spiro atoms. The maximum Gasteiger partial charge on any atom is 0.223 e. The number of nitrogens with one attached hydrogen (secondary N) is 1. The van der Waals surface area contributed by atoms with Crippen LogP contribution >= 0.6 is 0 Å². The van der Waals surface area contributed by atoms with E-state index in [1.807, 2.05) is 30.3 Å². The van der Waals surface area contributed by atoms with Crippen LogP contribution < -0.4 is 5.32 Å². The minimum absolute atomic E-state index is 0.0797. The zero-order valence-corrected chi connectivity index (χ0v) is 13.2. The lowest BCUT2D eigenvalue weighted by Crippen LogP contribution is -2.31. The Morgan fingerprint density at radius 1 is 1.18 bits per heavy atom. The molecule has 1 amide bonds. The number of aromatic nitrogens is 4. The van der Waals surface area contributed by atoms with Gasteiger partial charge in [-0.3, -0.25) is 4.79 Å². The molecule has 6 nitrogen and oxygen atoms in total. The van der Waals surface area contributed by atoms with E-state index in [-0.39, 0.29) is 11.8 Å². The summed E-state index contributed by atoms with van der Waals surface area (Å²) in [5, 5.41) is 14.7. The fourth-order valence-corrected chi connectivity index (χ4v) is 2.50. The van der Waals surface area contributed by atoms with Crippen LogP contribution in [-0.4, -0.2) is 26.1 Å². The quantitative estimate of drug-likeness (QED) is 0.813. The molecule has 0 atom stereocenters. The number of nitrogens with zero attached hydrogens (tertiary/aromatic N) is 4. The maximum atomic E-state index is 12.3. The molecule has 1 N–H and O–H groups in total. The number of benzene rings is 1. The van der Waals surface area contributed by atoms with Crippen molar-refractivity contribution in [3.05, 3.63) is 36.2 Å². The minimum atomic E-state index is 0.0797. The van der Waals surface area contributed by atoms with Gasteiger partial charge in [0.1, 0.15) is 0 Å². The summed E-state index contributed by atoms with van der Waals surface area (Å²) in [6.07, 6.45) is 3.87. The normalized spacial score (nSPS) is 10.9. The highest BCUT2D eigenvalue weighted by Gasteiger charge is 2.17. The number of para-hydroxylation sites is 1. The number of amides is 1. The Labute approximate surface area is 130 Å². The predicted molar refractivity (Wildman–Crippen MR) is 84.3 cm³/mol. The van der Waals surface area contributed by atoms with E-state index in [0.29, 0.717) is 12.4 Å². The molecule has 1 aromatic carbocycles. The van der Waals surface area contributed by atoms with Crippen molar-refractivity contribution in [1.82, 2.24) is 25.5 Å². The van der Waals surface area contributed by atoms with Crippen LogP contribution in [0.3, 0.4) is 0 Å². The molecule has 6 heteroatoms. The van der Waals surface area contributed by atoms with Gasteiger partial charge >= 0.3 is 0 Å². The van der Waals surface area contributed by atoms with E-state index in [9.17, 15) is 4.79 Å². The number of rotatable bonds is 8. The van der Waals surface area contributed by atoms with Gasteiger partial charge < -0.3 is 5.32 Å². The summed E-state index contributed by atoms with van der Waals surface area (Å²) in [5.74, 6) is 0.800. The molecule has 0 aliphatic carbocycles. The lowest BCUT2D eigenvalue weighted by Gasteiger charge is -2.15. The molecule has 1 aromatic heterocycles. The average molecular weight is 301 g/mol. The third kappa shape index (κ3) is 4.13. The summed E-state index contributed by atoms with van der Waals surface area (Å²) < 4.78 is 1.65. The van der Waals surface area contributed by atoms with Crippen LogP contribution in [0, 0.1) is 5.92 Å². The van der Waals surface area contributed by atoms with Crippen molar-refractivity contribution < 1.29 is 4.79 Å². The van der Waals surface area contributed by atoms with E-state index >= 15 is 0 Å². The molecule has 0 radical (unpaired) electrons. The second-order valence-electron chi connectivity index (χ2n) is 5.33. The molecule has 0 fully saturated rings. The topological polar surface area (TPSA) is 72.7 Å². The molecule has 2 aromatic rings.